The number of oxime groups is 1. The van der Waals surface area contributed by atoms with Gasteiger partial charge < -0.3 is 9.94 Å². The number of benzene rings is 3. The highest BCUT2D eigenvalue weighted by molar-refractivity contribution is 5.98. The quantitative estimate of drug-likeness (QED) is 0.205. The fraction of sp³-hybridized carbons (Fsp3) is 0.276. The van der Waals surface area contributed by atoms with E-state index in [0.717, 1.165) is 43.2 Å². The molecule has 1 fully saturated rings. The fourth-order valence-electron chi connectivity index (χ4n) is 4.40. The second-order valence-corrected chi connectivity index (χ2v) is 9.10. The third kappa shape index (κ3) is 6.34. The predicted octanol–water partition coefficient (Wildman–Crippen LogP) is 7.21. The molecule has 4 nitrogen and oxygen atoms in total. The predicted molar refractivity (Wildman–Crippen MR) is 135 cm³/mol. The molecule has 0 aromatic heterocycles. The molecule has 1 aliphatic rings. The van der Waals surface area contributed by atoms with E-state index in [1.54, 1.807) is 43.3 Å². The van der Waals surface area contributed by atoms with Crippen LogP contribution in [-0.2, 0) is 24.2 Å². The minimum atomic E-state index is -4.48. The Hall–Kier alpha value is -3.58. The fourth-order valence-corrected chi connectivity index (χ4v) is 4.40. The highest BCUT2D eigenvalue weighted by Gasteiger charge is 2.34. The van der Waals surface area contributed by atoms with Crippen LogP contribution >= 0.6 is 0 Å². The Morgan fingerprint density at radius 1 is 1.06 bits per heavy atom. The average molecular weight is 495 g/mol. The number of likely N-dealkylation sites (tertiary alicyclic amines) is 1. The van der Waals surface area contributed by atoms with Gasteiger partial charge in [0, 0.05) is 19.0 Å². The van der Waals surface area contributed by atoms with Crippen LogP contribution in [0.1, 0.15) is 35.6 Å². The van der Waals surface area contributed by atoms with E-state index in [9.17, 15) is 18.3 Å². The summed E-state index contributed by atoms with van der Waals surface area (Å²) in [6.45, 7) is 7.87. The molecule has 1 saturated heterocycles. The lowest BCUT2D eigenvalue weighted by Crippen LogP contribution is -2.20. The second kappa shape index (κ2) is 11.0. The number of nitrogens with zero attached hydrogens (tertiary/aromatic N) is 2. The molecule has 0 bridgehead atoms. The summed E-state index contributed by atoms with van der Waals surface area (Å²) in [5.41, 5.74) is 3.00. The third-order valence-electron chi connectivity index (χ3n) is 6.43. The smallest absolute Gasteiger partial charge is 0.417 e. The Kier molecular flexibility index (Phi) is 7.79. The van der Waals surface area contributed by atoms with Crippen molar-refractivity contribution >= 4 is 5.71 Å². The van der Waals surface area contributed by atoms with Gasteiger partial charge >= 0.3 is 6.18 Å². The first-order chi connectivity index (χ1) is 17.2. The van der Waals surface area contributed by atoms with Crippen LogP contribution < -0.4 is 0 Å². The second-order valence-electron chi connectivity index (χ2n) is 9.10. The van der Waals surface area contributed by atoms with E-state index in [1.807, 2.05) is 24.3 Å². The monoisotopic (exact) mass is 494 g/mol. The minimum Gasteiger partial charge on any atom is -0.513 e. The van der Waals surface area contributed by atoms with Gasteiger partial charge in [-0.05, 0) is 53.8 Å². The maximum Gasteiger partial charge on any atom is 0.417 e. The lowest BCUT2D eigenvalue weighted by Gasteiger charge is -2.16. The maximum absolute atomic E-state index is 13.7. The van der Waals surface area contributed by atoms with Gasteiger partial charge in [0.05, 0.1) is 17.0 Å². The summed E-state index contributed by atoms with van der Waals surface area (Å²) in [7, 11) is 0. The Labute approximate surface area is 209 Å². The van der Waals surface area contributed by atoms with Crippen molar-refractivity contribution in [3.63, 3.8) is 0 Å². The summed E-state index contributed by atoms with van der Waals surface area (Å²) >= 11 is 0. The maximum atomic E-state index is 13.7. The number of hydrogen-bond acceptors (Lipinski definition) is 4. The summed E-state index contributed by atoms with van der Waals surface area (Å²) in [4.78, 5) is 7.68. The summed E-state index contributed by atoms with van der Waals surface area (Å²) in [5.74, 6) is 0.388. The minimum absolute atomic E-state index is 0.0696. The van der Waals surface area contributed by atoms with Crippen LogP contribution in [0.2, 0.25) is 0 Å². The zero-order valence-corrected chi connectivity index (χ0v) is 20.1. The lowest BCUT2D eigenvalue weighted by molar-refractivity contribution is -0.137. The van der Waals surface area contributed by atoms with Gasteiger partial charge in [-0.15, -0.1) is 0 Å². The molecule has 1 aliphatic heterocycles. The van der Waals surface area contributed by atoms with Crippen LogP contribution in [0.3, 0.4) is 0 Å². The third-order valence-corrected chi connectivity index (χ3v) is 6.43. The molecule has 36 heavy (non-hydrogen) atoms. The van der Waals surface area contributed by atoms with E-state index in [4.69, 9.17) is 4.84 Å². The van der Waals surface area contributed by atoms with Crippen molar-refractivity contribution in [3.8, 4) is 11.1 Å². The molecule has 1 N–H and O–H groups in total. The summed E-state index contributed by atoms with van der Waals surface area (Å²) in [5, 5.41) is 13.7. The highest BCUT2D eigenvalue weighted by atomic mass is 19.4. The van der Waals surface area contributed by atoms with Gasteiger partial charge in [0.2, 0.25) is 0 Å². The molecule has 188 valence electrons. The van der Waals surface area contributed by atoms with Gasteiger partial charge in [-0.1, -0.05) is 78.5 Å². The van der Waals surface area contributed by atoms with Crippen LogP contribution in [0.4, 0.5) is 13.2 Å². The first kappa shape index (κ1) is 25.5. The van der Waals surface area contributed by atoms with Crippen LogP contribution in [0, 0.1) is 5.92 Å². The van der Waals surface area contributed by atoms with Gasteiger partial charge in [0.25, 0.3) is 0 Å². The van der Waals surface area contributed by atoms with Crippen molar-refractivity contribution in [2.45, 2.75) is 32.7 Å². The number of halogens is 3. The molecule has 3 aromatic carbocycles. The molecule has 1 heterocycles. The zero-order valence-electron chi connectivity index (χ0n) is 20.1. The molecular weight excluding hydrogens is 465 g/mol. The normalized spacial score (nSPS) is 16.8. The number of aliphatic hydroxyl groups excluding tert-OH is 1. The van der Waals surface area contributed by atoms with Gasteiger partial charge in [-0.3, -0.25) is 4.90 Å². The van der Waals surface area contributed by atoms with Crippen LogP contribution in [0.15, 0.2) is 90.3 Å². The lowest BCUT2D eigenvalue weighted by atomic mass is 9.97. The molecule has 3 aromatic rings. The summed E-state index contributed by atoms with van der Waals surface area (Å²) in [6.07, 6.45) is -3.57. The van der Waals surface area contributed by atoms with E-state index in [0.29, 0.717) is 16.8 Å². The Morgan fingerprint density at radius 3 is 2.39 bits per heavy atom. The van der Waals surface area contributed by atoms with Gasteiger partial charge in [0.1, 0.15) is 6.61 Å². The van der Waals surface area contributed by atoms with Crippen LogP contribution in [0.5, 0.6) is 0 Å². The largest absolute Gasteiger partial charge is 0.513 e. The van der Waals surface area contributed by atoms with E-state index < -0.39 is 11.7 Å². The Balaban J connectivity index is 1.38. The zero-order chi connectivity index (χ0) is 25.7. The topological polar surface area (TPSA) is 45.1 Å². The highest BCUT2D eigenvalue weighted by Crippen LogP contribution is 2.37. The van der Waals surface area contributed by atoms with Crippen molar-refractivity contribution in [2.24, 2.45) is 11.1 Å². The van der Waals surface area contributed by atoms with E-state index >= 15 is 0 Å². The number of alkyl halides is 3. The molecular formula is C29H29F3N2O2. The molecule has 0 spiro atoms. The molecule has 0 saturated carbocycles. The van der Waals surface area contributed by atoms with Crippen molar-refractivity contribution in [1.29, 1.82) is 0 Å². The van der Waals surface area contributed by atoms with Crippen LogP contribution in [0.25, 0.3) is 11.1 Å². The first-order valence-electron chi connectivity index (χ1n) is 11.8. The van der Waals surface area contributed by atoms with E-state index in [-0.39, 0.29) is 23.8 Å². The number of aliphatic hydroxyl groups is 1. The number of rotatable bonds is 8. The molecule has 4 rings (SSSR count). The molecule has 1 unspecified atom stereocenters. The number of hydrogen-bond donors (Lipinski definition) is 1. The van der Waals surface area contributed by atoms with Crippen molar-refractivity contribution in [2.75, 3.05) is 13.1 Å². The standard InChI is InChI=1S/C29H29F3N2O2/c1-20(24-11-8-22(9-12-24)17-34-15-14-26(18-34)21(2)35)33-36-19-23-10-13-27(25-6-4-3-5-7-25)28(16-23)29(30,31)32/h3-13,16,26,35H,2,14-15,17-19H2,1H3/b33-20-. The summed E-state index contributed by atoms with van der Waals surface area (Å²) in [6, 6.07) is 20.7. The van der Waals surface area contributed by atoms with Crippen molar-refractivity contribution in [1.82, 2.24) is 4.90 Å². The van der Waals surface area contributed by atoms with E-state index in [2.05, 4.69) is 16.6 Å². The van der Waals surface area contributed by atoms with Crippen LogP contribution in [-0.4, -0.2) is 28.8 Å². The Morgan fingerprint density at radius 2 is 1.75 bits per heavy atom. The molecule has 0 amide bonds. The van der Waals surface area contributed by atoms with Gasteiger partial charge in [-0.25, -0.2) is 0 Å². The summed E-state index contributed by atoms with van der Waals surface area (Å²) < 4.78 is 41.1. The van der Waals surface area contributed by atoms with Crippen molar-refractivity contribution < 1.29 is 23.1 Å². The van der Waals surface area contributed by atoms with Crippen molar-refractivity contribution in [3.05, 3.63) is 107 Å². The SMILES string of the molecule is C=C(O)C1CCN(Cc2ccc(/C(C)=N\OCc3ccc(-c4ccccc4)c(C(F)(F)F)c3)cc2)C1. The molecule has 7 heteroatoms. The van der Waals surface area contributed by atoms with Gasteiger partial charge in [-0.2, -0.15) is 13.2 Å². The Bertz CT molecular complexity index is 1220. The average Bonchev–Trinajstić information content (AvgIpc) is 3.33. The molecule has 0 aliphatic carbocycles. The van der Waals surface area contributed by atoms with Gasteiger partial charge in [0.15, 0.2) is 0 Å². The molecule has 0 radical (unpaired) electrons. The first-order valence-corrected chi connectivity index (χ1v) is 11.8. The molecule has 1 atom stereocenters. The van der Waals surface area contributed by atoms with E-state index in [1.165, 1.54) is 6.07 Å².